The number of hydrogen-bond acceptors (Lipinski definition) is 2. The minimum Gasteiger partial charge on any atom is -0.383 e. The molecule has 0 amide bonds. The maximum atomic E-state index is 14.1. The van der Waals surface area contributed by atoms with E-state index in [-0.39, 0.29) is 5.56 Å². The highest BCUT2D eigenvalue weighted by molar-refractivity contribution is 6.33. The number of hydrogen-bond donors (Lipinski definition) is 1. The number of allylic oxidation sites excluding steroid dienone is 1. The Kier molecular flexibility index (Phi) is 3.26. The molecular weight excluding hydrogens is 277 g/mol. The average Bonchev–Trinajstić information content (AvgIpc) is 3.20. The van der Waals surface area contributed by atoms with Gasteiger partial charge in [-0.25, -0.2) is 9.37 Å². The van der Waals surface area contributed by atoms with Crippen LogP contribution >= 0.6 is 11.6 Å². The summed E-state index contributed by atoms with van der Waals surface area (Å²) in [5.74, 6) is 1.35. The first-order valence-corrected chi connectivity index (χ1v) is 6.92. The van der Waals surface area contributed by atoms with Crippen molar-refractivity contribution in [2.75, 3.05) is 5.73 Å². The third-order valence-electron chi connectivity index (χ3n) is 3.49. The highest BCUT2D eigenvalue weighted by atomic mass is 35.5. The molecule has 1 fully saturated rings. The highest BCUT2D eigenvalue weighted by Crippen LogP contribution is 2.43. The van der Waals surface area contributed by atoms with Crippen molar-refractivity contribution in [1.82, 2.24) is 9.55 Å². The number of aromatic nitrogens is 2. The first kappa shape index (κ1) is 13.2. The lowest BCUT2D eigenvalue weighted by Gasteiger charge is -2.06. The Morgan fingerprint density at radius 1 is 1.50 bits per heavy atom. The molecule has 2 N–H and O–H groups in total. The van der Waals surface area contributed by atoms with Gasteiger partial charge in [-0.05, 0) is 25.0 Å². The van der Waals surface area contributed by atoms with Gasteiger partial charge in [0.2, 0.25) is 0 Å². The van der Waals surface area contributed by atoms with Gasteiger partial charge in [-0.3, -0.25) is 0 Å². The number of halogens is 2. The van der Waals surface area contributed by atoms with Gasteiger partial charge in [-0.1, -0.05) is 23.7 Å². The zero-order chi connectivity index (χ0) is 14.3. The number of nitrogens with two attached hydrogens (primary N) is 1. The van der Waals surface area contributed by atoms with E-state index in [9.17, 15) is 4.39 Å². The van der Waals surface area contributed by atoms with E-state index in [4.69, 9.17) is 17.3 Å². The van der Waals surface area contributed by atoms with Crippen LogP contribution in [0.3, 0.4) is 0 Å². The molecule has 0 aliphatic heterocycles. The van der Waals surface area contributed by atoms with Crippen LogP contribution < -0.4 is 5.73 Å². The Balaban J connectivity index is 2.19. The summed E-state index contributed by atoms with van der Waals surface area (Å²) in [5.41, 5.74) is 6.86. The molecule has 3 nitrogen and oxygen atoms in total. The molecule has 1 aromatic carbocycles. The molecule has 5 heteroatoms. The minimum absolute atomic E-state index is 0.274. The van der Waals surface area contributed by atoms with Crippen molar-refractivity contribution in [2.24, 2.45) is 0 Å². The fraction of sp³-hybridized carbons (Fsp3) is 0.267. The molecule has 0 atom stereocenters. The van der Waals surface area contributed by atoms with Gasteiger partial charge >= 0.3 is 0 Å². The highest BCUT2D eigenvalue weighted by Gasteiger charge is 2.31. The van der Waals surface area contributed by atoms with Crippen LogP contribution in [0.15, 0.2) is 30.9 Å². The van der Waals surface area contributed by atoms with Crippen LogP contribution in [0.2, 0.25) is 5.02 Å². The van der Waals surface area contributed by atoms with E-state index in [2.05, 4.69) is 11.6 Å². The minimum atomic E-state index is -0.408. The molecule has 3 rings (SSSR count). The molecule has 1 aliphatic carbocycles. The molecule has 1 aromatic heterocycles. The van der Waals surface area contributed by atoms with E-state index in [1.54, 1.807) is 18.2 Å². The number of nitrogen functional groups attached to an aromatic ring is 1. The molecule has 1 aliphatic rings. The van der Waals surface area contributed by atoms with E-state index >= 15 is 0 Å². The molecule has 0 saturated heterocycles. The smallest absolute Gasteiger partial charge is 0.134 e. The second-order valence-corrected chi connectivity index (χ2v) is 5.38. The first-order chi connectivity index (χ1) is 9.63. The summed E-state index contributed by atoms with van der Waals surface area (Å²) < 4.78 is 15.9. The van der Waals surface area contributed by atoms with Gasteiger partial charge in [0.15, 0.2) is 0 Å². The second kappa shape index (κ2) is 4.94. The molecule has 0 spiro atoms. The molecule has 0 bridgehead atoms. The van der Waals surface area contributed by atoms with Gasteiger partial charge in [0.25, 0.3) is 0 Å². The summed E-state index contributed by atoms with van der Waals surface area (Å²) in [6.45, 7) is 4.30. The SMILES string of the molecule is C=CCn1c(C2CC2)nc(-c2c(F)cccc2Cl)c1N. The van der Waals surface area contributed by atoms with Crippen molar-refractivity contribution >= 4 is 17.4 Å². The first-order valence-electron chi connectivity index (χ1n) is 6.54. The Morgan fingerprint density at radius 3 is 2.85 bits per heavy atom. The number of benzene rings is 1. The van der Waals surface area contributed by atoms with Crippen LogP contribution in [0, 0.1) is 5.82 Å². The number of nitrogens with zero attached hydrogens (tertiary/aromatic N) is 2. The van der Waals surface area contributed by atoms with Gasteiger partial charge in [0.1, 0.15) is 23.2 Å². The fourth-order valence-electron chi connectivity index (χ4n) is 2.37. The number of rotatable bonds is 4. The molecule has 0 radical (unpaired) electrons. The second-order valence-electron chi connectivity index (χ2n) is 4.97. The van der Waals surface area contributed by atoms with Crippen LogP contribution in [0.5, 0.6) is 0 Å². The molecule has 20 heavy (non-hydrogen) atoms. The zero-order valence-electron chi connectivity index (χ0n) is 10.9. The summed E-state index contributed by atoms with van der Waals surface area (Å²) >= 11 is 6.10. The number of imidazole rings is 1. The Morgan fingerprint density at radius 2 is 2.25 bits per heavy atom. The van der Waals surface area contributed by atoms with Gasteiger partial charge in [0, 0.05) is 12.5 Å². The van der Waals surface area contributed by atoms with Gasteiger partial charge < -0.3 is 10.3 Å². The van der Waals surface area contributed by atoms with Crippen LogP contribution in [-0.2, 0) is 6.54 Å². The number of anilines is 1. The van der Waals surface area contributed by atoms with E-state index in [1.165, 1.54) is 6.07 Å². The lowest BCUT2D eigenvalue weighted by Crippen LogP contribution is -2.05. The Labute approximate surface area is 121 Å². The fourth-order valence-corrected chi connectivity index (χ4v) is 2.62. The normalized spacial score (nSPS) is 14.5. The standard InChI is InChI=1S/C15H15ClFN3/c1-2-8-20-14(18)13(19-15(20)9-6-7-9)12-10(16)4-3-5-11(12)17/h2-5,9H,1,6-8,18H2. The van der Waals surface area contributed by atoms with E-state index < -0.39 is 5.82 Å². The van der Waals surface area contributed by atoms with E-state index in [0.29, 0.717) is 29.0 Å². The summed E-state index contributed by atoms with van der Waals surface area (Å²) in [7, 11) is 0. The predicted octanol–water partition coefficient (Wildman–Crippen LogP) is 3.99. The topological polar surface area (TPSA) is 43.8 Å². The van der Waals surface area contributed by atoms with Crippen molar-refractivity contribution in [3.63, 3.8) is 0 Å². The van der Waals surface area contributed by atoms with Crippen LogP contribution in [-0.4, -0.2) is 9.55 Å². The molecule has 104 valence electrons. The Hall–Kier alpha value is -1.81. The van der Waals surface area contributed by atoms with Crippen molar-refractivity contribution in [3.05, 3.63) is 47.5 Å². The predicted molar refractivity (Wildman–Crippen MR) is 79.2 cm³/mol. The molecule has 1 saturated carbocycles. The van der Waals surface area contributed by atoms with Crippen LogP contribution in [0.1, 0.15) is 24.6 Å². The molecular formula is C15H15ClFN3. The lowest BCUT2D eigenvalue weighted by molar-refractivity contribution is 0.631. The maximum Gasteiger partial charge on any atom is 0.134 e. The summed E-state index contributed by atoms with van der Waals surface area (Å²) in [6.07, 6.45) is 3.95. The third kappa shape index (κ3) is 2.10. The summed E-state index contributed by atoms with van der Waals surface area (Å²) in [6, 6.07) is 4.58. The van der Waals surface area contributed by atoms with Gasteiger partial charge in [0.05, 0.1) is 10.6 Å². The van der Waals surface area contributed by atoms with E-state index in [0.717, 1.165) is 18.7 Å². The maximum absolute atomic E-state index is 14.1. The monoisotopic (exact) mass is 291 g/mol. The van der Waals surface area contributed by atoms with Crippen molar-refractivity contribution in [2.45, 2.75) is 25.3 Å². The zero-order valence-corrected chi connectivity index (χ0v) is 11.7. The van der Waals surface area contributed by atoms with E-state index in [1.807, 2.05) is 4.57 Å². The quantitative estimate of drug-likeness (QED) is 0.866. The van der Waals surface area contributed by atoms with Crippen LogP contribution in [0.25, 0.3) is 11.3 Å². The van der Waals surface area contributed by atoms with Gasteiger partial charge in [-0.15, -0.1) is 6.58 Å². The van der Waals surface area contributed by atoms with Crippen LogP contribution in [0.4, 0.5) is 10.2 Å². The lowest BCUT2D eigenvalue weighted by atomic mass is 10.1. The third-order valence-corrected chi connectivity index (χ3v) is 3.81. The average molecular weight is 292 g/mol. The summed E-state index contributed by atoms with van der Waals surface area (Å²) in [4.78, 5) is 4.55. The van der Waals surface area contributed by atoms with Crippen molar-refractivity contribution < 1.29 is 4.39 Å². The summed E-state index contributed by atoms with van der Waals surface area (Å²) in [5, 5.41) is 0.322. The molecule has 1 heterocycles. The molecule has 0 unspecified atom stereocenters. The largest absolute Gasteiger partial charge is 0.383 e. The van der Waals surface area contributed by atoms with Gasteiger partial charge in [-0.2, -0.15) is 0 Å². The Bertz CT molecular complexity index is 654. The van der Waals surface area contributed by atoms with Crippen molar-refractivity contribution in [1.29, 1.82) is 0 Å². The molecule has 2 aromatic rings. The van der Waals surface area contributed by atoms with Crippen molar-refractivity contribution in [3.8, 4) is 11.3 Å².